The Morgan fingerprint density at radius 3 is 3.06 bits per heavy atom. The lowest BCUT2D eigenvalue weighted by Crippen LogP contribution is -2.21. The van der Waals surface area contributed by atoms with Gasteiger partial charge < -0.3 is 10.4 Å². The Kier molecular flexibility index (Phi) is 5.90. The molecule has 0 aliphatic rings. The number of hydrogen-bond donors (Lipinski definition) is 2. The lowest BCUT2D eigenvalue weighted by Gasteiger charge is -1.97. The van der Waals surface area contributed by atoms with Crippen LogP contribution in [-0.4, -0.2) is 22.7 Å². The van der Waals surface area contributed by atoms with E-state index in [9.17, 15) is 4.79 Å². The normalized spacial score (nSPS) is 9.31. The molecule has 1 aromatic heterocycles. The Balaban J connectivity index is 2.11. The van der Waals surface area contributed by atoms with E-state index < -0.39 is 6.09 Å². The summed E-state index contributed by atoms with van der Waals surface area (Å²) in [6, 6.07) is 0. The first-order valence-electron chi connectivity index (χ1n) is 4.75. The SMILES string of the molecule is O=C(O)NCCCCC#Cc1ncc(Br)s1. The highest BCUT2D eigenvalue weighted by Gasteiger charge is 1.94. The quantitative estimate of drug-likeness (QED) is 0.664. The fourth-order valence-electron chi connectivity index (χ4n) is 0.984. The molecule has 0 radical (unpaired) electrons. The zero-order chi connectivity index (χ0) is 11.8. The third kappa shape index (κ3) is 5.73. The number of rotatable bonds is 4. The molecule has 0 aromatic carbocycles. The minimum Gasteiger partial charge on any atom is -0.465 e. The summed E-state index contributed by atoms with van der Waals surface area (Å²) in [6.45, 7) is 0.486. The second kappa shape index (κ2) is 7.25. The second-order valence-corrected chi connectivity index (χ2v) is 5.37. The Morgan fingerprint density at radius 2 is 2.44 bits per heavy atom. The summed E-state index contributed by atoms with van der Waals surface area (Å²) in [6.07, 6.45) is 3.21. The standard InChI is InChI=1S/C10H11BrN2O2S/c11-8-7-13-9(16-8)5-3-1-2-4-6-12-10(14)15/h7,12H,1-2,4,6H2,(H,14,15). The molecule has 16 heavy (non-hydrogen) atoms. The van der Waals surface area contributed by atoms with Gasteiger partial charge in [-0.25, -0.2) is 9.78 Å². The number of amides is 1. The van der Waals surface area contributed by atoms with E-state index in [0.717, 1.165) is 28.1 Å². The van der Waals surface area contributed by atoms with Crippen molar-refractivity contribution in [1.29, 1.82) is 0 Å². The minimum absolute atomic E-state index is 0.486. The predicted octanol–water partition coefficient (Wildman–Crippen LogP) is 2.70. The van der Waals surface area contributed by atoms with E-state index in [2.05, 4.69) is 38.1 Å². The van der Waals surface area contributed by atoms with Gasteiger partial charge in [-0.2, -0.15) is 0 Å². The van der Waals surface area contributed by atoms with Crippen LogP contribution in [0.5, 0.6) is 0 Å². The van der Waals surface area contributed by atoms with Crippen molar-refractivity contribution < 1.29 is 9.90 Å². The van der Waals surface area contributed by atoms with E-state index in [4.69, 9.17) is 5.11 Å². The van der Waals surface area contributed by atoms with Crippen LogP contribution in [0.15, 0.2) is 9.98 Å². The molecule has 1 aromatic rings. The van der Waals surface area contributed by atoms with Gasteiger partial charge in [-0.3, -0.25) is 0 Å². The van der Waals surface area contributed by atoms with Crippen molar-refractivity contribution in [3.05, 3.63) is 15.0 Å². The van der Waals surface area contributed by atoms with Gasteiger partial charge in [0.15, 0.2) is 5.01 Å². The Hall–Kier alpha value is -1.06. The van der Waals surface area contributed by atoms with Gasteiger partial charge in [-0.15, -0.1) is 0 Å². The van der Waals surface area contributed by atoms with Gasteiger partial charge in [0.05, 0.1) is 9.98 Å². The number of carbonyl (C=O) groups is 1. The molecule has 0 spiro atoms. The monoisotopic (exact) mass is 302 g/mol. The number of nitrogens with zero attached hydrogens (tertiary/aromatic N) is 1. The van der Waals surface area contributed by atoms with Crippen LogP contribution < -0.4 is 5.32 Å². The Morgan fingerprint density at radius 1 is 1.62 bits per heavy atom. The number of thiazole rings is 1. The van der Waals surface area contributed by atoms with Crippen molar-refractivity contribution in [3.63, 3.8) is 0 Å². The number of unbranched alkanes of at least 4 members (excludes halogenated alkanes) is 2. The average Bonchev–Trinajstić information content (AvgIpc) is 2.62. The molecule has 0 atom stereocenters. The van der Waals surface area contributed by atoms with Gasteiger partial charge in [0, 0.05) is 13.0 Å². The van der Waals surface area contributed by atoms with Crippen LogP contribution in [-0.2, 0) is 0 Å². The summed E-state index contributed by atoms with van der Waals surface area (Å²) in [4.78, 5) is 14.2. The summed E-state index contributed by atoms with van der Waals surface area (Å²) >= 11 is 4.82. The Bertz CT molecular complexity index is 408. The molecule has 0 aliphatic heterocycles. The van der Waals surface area contributed by atoms with Crippen molar-refractivity contribution in [2.24, 2.45) is 0 Å². The number of nitrogens with one attached hydrogen (secondary N) is 1. The number of aromatic nitrogens is 1. The number of carboxylic acid groups (broad SMARTS) is 1. The van der Waals surface area contributed by atoms with Crippen molar-refractivity contribution >= 4 is 33.4 Å². The second-order valence-electron chi connectivity index (χ2n) is 2.96. The maximum Gasteiger partial charge on any atom is 0.404 e. The summed E-state index contributed by atoms with van der Waals surface area (Å²) in [7, 11) is 0. The predicted molar refractivity (Wildman–Crippen MR) is 66.6 cm³/mol. The van der Waals surface area contributed by atoms with Gasteiger partial charge in [-0.05, 0) is 34.7 Å². The molecule has 0 saturated carbocycles. The van der Waals surface area contributed by atoms with Crippen molar-refractivity contribution in [2.75, 3.05) is 6.54 Å². The molecule has 0 aliphatic carbocycles. The molecule has 2 N–H and O–H groups in total. The fourth-order valence-corrected chi connectivity index (χ4v) is 2.07. The third-order valence-corrected chi connectivity index (χ3v) is 3.07. The van der Waals surface area contributed by atoms with Crippen molar-refractivity contribution in [2.45, 2.75) is 19.3 Å². The van der Waals surface area contributed by atoms with Gasteiger partial charge in [0.25, 0.3) is 0 Å². The highest BCUT2D eigenvalue weighted by atomic mass is 79.9. The first-order valence-corrected chi connectivity index (χ1v) is 6.36. The van der Waals surface area contributed by atoms with Gasteiger partial charge in [0.2, 0.25) is 0 Å². The molecule has 86 valence electrons. The van der Waals surface area contributed by atoms with E-state index in [-0.39, 0.29) is 0 Å². The molecule has 4 nitrogen and oxygen atoms in total. The zero-order valence-corrected chi connectivity index (χ0v) is 10.9. The maximum absolute atomic E-state index is 10.1. The zero-order valence-electron chi connectivity index (χ0n) is 8.49. The molecular formula is C10H11BrN2O2S. The smallest absolute Gasteiger partial charge is 0.404 e. The average molecular weight is 303 g/mol. The molecule has 0 fully saturated rings. The van der Waals surface area contributed by atoms with Crippen molar-refractivity contribution in [1.82, 2.24) is 10.3 Å². The van der Waals surface area contributed by atoms with Crippen LogP contribution in [0.4, 0.5) is 4.79 Å². The van der Waals surface area contributed by atoms with Crippen molar-refractivity contribution in [3.8, 4) is 11.8 Å². The van der Waals surface area contributed by atoms with Crippen LogP contribution >= 0.6 is 27.3 Å². The summed E-state index contributed by atoms with van der Waals surface area (Å²) in [5.74, 6) is 5.96. The number of hydrogen-bond acceptors (Lipinski definition) is 3. The van der Waals surface area contributed by atoms with Crippen LogP contribution in [0.2, 0.25) is 0 Å². The third-order valence-electron chi connectivity index (χ3n) is 1.68. The lowest BCUT2D eigenvalue weighted by atomic mass is 10.2. The van der Waals surface area contributed by atoms with Crippen LogP contribution in [0.3, 0.4) is 0 Å². The molecule has 1 rings (SSSR count). The molecule has 0 bridgehead atoms. The van der Waals surface area contributed by atoms with E-state index in [0.29, 0.717) is 6.54 Å². The summed E-state index contributed by atoms with van der Waals surface area (Å²) < 4.78 is 0.974. The molecule has 1 heterocycles. The molecule has 0 unspecified atom stereocenters. The first-order chi connectivity index (χ1) is 7.68. The van der Waals surface area contributed by atoms with E-state index in [1.807, 2.05) is 0 Å². The molecule has 0 saturated heterocycles. The number of halogens is 1. The molecular weight excluding hydrogens is 292 g/mol. The lowest BCUT2D eigenvalue weighted by molar-refractivity contribution is 0.194. The minimum atomic E-state index is -0.973. The van der Waals surface area contributed by atoms with E-state index in [1.54, 1.807) is 6.20 Å². The van der Waals surface area contributed by atoms with Crippen LogP contribution in [0, 0.1) is 11.8 Å². The van der Waals surface area contributed by atoms with Crippen LogP contribution in [0.25, 0.3) is 0 Å². The Labute approximate surface area is 106 Å². The highest BCUT2D eigenvalue weighted by molar-refractivity contribution is 9.11. The van der Waals surface area contributed by atoms with E-state index in [1.165, 1.54) is 11.3 Å². The van der Waals surface area contributed by atoms with E-state index >= 15 is 0 Å². The fraction of sp³-hybridized carbons (Fsp3) is 0.400. The topological polar surface area (TPSA) is 62.2 Å². The summed E-state index contributed by atoms with van der Waals surface area (Å²) in [5.41, 5.74) is 0. The van der Waals surface area contributed by atoms with Gasteiger partial charge >= 0.3 is 6.09 Å². The largest absolute Gasteiger partial charge is 0.465 e. The van der Waals surface area contributed by atoms with Gasteiger partial charge in [-0.1, -0.05) is 17.3 Å². The molecule has 6 heteroatoms. The van der Waals surface area contributed by atoms with Crippen LogP contribution in [0.1, 0.15) is 24.3 Å². The first kappa shape index (κ1) is 13.0. The molecule has 1 amide bonds. The van der Waals surface area contributed by atoms with Gasteiger partial charge in [0.1, 0.15) is 0 Å². The highest BCUT2D eigenvalue weighted by Crippen LogP contribution is 2.17. The summed E-state index contributed by atoms with van der Waals surface area (Å²) in [5, 5.41) is 11.4. The maximum atomic E-state index is 10.1.